The molecule has 0 aromatic heterocycles. The number of halogens is 8. The van der Waals surface area contributed by atoms with Crippen LogP contribution in [0.1, 0.15) is 160 Å². The van der Waals surface area contributed by atoms with Gasteiger partial charge in [0.1, 0.15) is 11.5 Å². The van der Waals surface area contributed by atoms with Crippen molar-refractivity contribution < 1.29 is 49.3 Å². The lowest BCUT2D eigenvalue weighted by molar-refractivity contribution is -0.264. The Kier molecular flexibility index (Phi) is 18.8. The molecule has 2 saturated carbocycles. The lowest BCUT2D eigenvalue weighted by Gasteiger charge is -2.29. The maximum Gasteiger partial charge on any atom is 0.445 e. The van der Waals surface area contributed by atoms with E-state index in [0.29, 0.717) is 47.3 Å². The highest BCUT2D eigenvalue weighted by molar-refractivity contribution is 5.48. The second kappa shape index (κ2) is 24.2. The van der Waals surface area contributed by atoms with E-state index in [0.717, 1.165) is 34.1 Å². The van der Waals surface area contributed by atoms with Crippen LogP contribution in [0, 0.1) is 11.8 Å². The summed E-state index contributed by atoms with van der Waals surface area (Å²) in [6.07, 6.45) is 1.24. The van der Waals surface area contributed by atoms with Crippen molar-refractivity contribution in [1.82, 2.24) is 0 Å². The van der Waals surface area contributed by atoms with Gasteiger partial charge in [-0.05, 0) is 145 Å². The van der Waals surface area contributed by atoms with Crippen LogP contribution in [0.4, 0.5) is 35.1 Å². The van der Waals surface area contributed by atoms with Crippen molar-refractivity contribution in [3.63, 3.8) is 0 Å². The smallest absolute Gasteiger partial charge is 0.445 e. The summed E-state index contributed by atoms with van der Waals surface area (Å²) < 4.78 is 120. The lowest BCUT2D eigenvalue weighted by Crippen LogP contribution is -2.27. The molecule has 2 unspecified atom stereocenters. The van der Waals surface area contributed by atoms with Gasteiger partial charge < -0.3 is 14.2 Å². The third kappa shape index (κ3) is 15.6. The topological polar surface area (TPSA) is 27.7 Å². The van der Waals surface area contributed by atoms with E-state index >= 15 is 0 Å². The first-order valence-electron chi connectivity index (χ1n) is 23.9. The standard InChI is InChI=1S/C54H66F8O3/c1-3-5-7-37-9-19-43(20-10-37)45-23-13-39(14-24-45)33-47-35-41(29-31-63-51(55)53(57,58)59)17-27-49(47)65-50-28-18-42(30-32-64-52(56)54(60,61)62)36-48(50)34-40-15-25-46(26-16-40)44-21-11-38(12-22-44)8-6-4-2/h13-18,23-28,35-38,43-44,51-52H,3-12,19-22,29-34H2,1-2H3. The quantitative estimate of drug-likeness (QED) is 0.0735. The molecule has 0 N–H and O–H groups in total. The van der Waals surface area contributed by atoms with Crippen LogP contribution in [-0.2, 0) is 35.2 Å². The van der Waals surface area contributed by atoms with Gasteiger partial charge in [-0.2, -0.15) is 26.3 Å². The van der Waals surface area contributed by atoms with E-state index in [9.17, 15) is 35.1 Å². The molecule has 4 aromatic rings. The molecular weight excluding hydrogens is 849 g/mol. The Morgan fingerprint density at radius 1 is 0.492 bits per heavy atom. The molecule has 0 spiro atoms. The summed E-state index contributed by atoms with van der Waals surface area (Å²) in [6, 6.07) is 27.8. The van der Waals surface area contributed by atoms with Crippen molar-refractivity contribution in [3.05, 3.63) is 129 Å². The predicted octanol–water partition coefficient (Wildman–Crippen LogP) is 16.4. The predicted molar refractivity (Wildman–Crippen MR) is 241 cm³/mol. The highest BCUT2D eigenvalue weighted by Crippen LogP contribution is 2.40. The summed E-state index contributed by atoms with van der Waals surface area (Å²) in [6.45, 7) is 3.52. The maximum absolute atomic E-state index is 13.6. The number of ether oxygens (including phenoxy) is 3. The van der Waals surface area contributed by atoms with Gasteiger partial charge in [0.15, 0.2) is 0 Å². The Morgan fingerprint density at radius 3 is 1.18 bits per heavy atom. The van der Waals surface area contributed by atoms with Crippen LogP contribution in [0.5, 0.6) is 11.5 Å². The third-order valence-electron chi connectivity index (χ3n) is 13.6. The van der Waals surface area contributed by atoms with E-state index in [4.69, 9.17) is 4.74 Å². The van der Waals surface area contributed by atoms with Crippen LogP contribution in [0.25, 0.3) is 0 Å². The molecule has 356 valence electrons. The molecule has 4 aromatic carbocycles. The average molecular weight is 915 g/mol. The van der Waals surface area contributed by atoms with Crippen LogP contribution in [-0.4, -0.2) is 38.3 Å². The zero-order valence-corrected chi connectivity index (χ0v) is 37.9. The van der Waals surface area contributed by atoms with Gasteiger partial charge in [-0.15, -0.1) is 0 Å². The van der Waals surface area contributed by atoms with Gasteiger partial charge in [0.2, 0.25) is 0 Å². The minimum Gasteiger partial charge on any atom is -0.457 e. The summed E-state index contributed by atoms with van der Waals surface area (Å²) in [5.74, 6) is 3.66. The molecule has 2 aliphatic carbocycles. The van der Waals surface area contributed by atoms with Crippen molar-refractivity contribution in [1.29, 1.82) is 0 Å². The number of hydrogen-bond donors (Lipinski definition) is 0. The Bertz CT molecular complexity index is 1870. The molecular formula is C54H66F8O3. The Morgan fingerprint density at radius 2 is 0.846 bits per heavy atom. The van der Waals surface area contributed by atoms with Crippen LogP contribution >= 0.6 is 0 Å². The molecule has 2 atom stereocenters. The van der Waals surface area contributed by atoms with Crippen molar-refractivity contribution in [2.75, 3.05) is 13.2 Å². The fourth-order valence-electron chi connectivity index (χ4n) is 9.73. The van der Waals surface area contributed by atoms with Crippen molar-refractivity contribution in [2.24, 2.45) is 11.8 Å². The number of rotatable bonds is 22. The SMILES string of the molecule is CCCCC1CCC(c2ccc(Cc3cc(CCOC(F)C(F)(F)F)ccc3Oc3ccc(CCOC(F)C(F)(F)F)cc3Cc3ccc(C4CCC(CCCC)CC4)cc3)cc2)CC1. The number of unbranched alkanes of at least 4 members (excludes halogenated alkanes) is 2. The first-order valence-corrected chi connectivity index (χ1v) is 23.9. The van der Waals surface area contributed by atoms with Crippen molar-refractivity contribution in [3.8, 4) is 11.5 Å². The van der Waals surface area contributed by atoms with E-state index in [1.165, 1.54) is 101 Å². The molecule has 2 fully saturated rings. The lowest BCUT2D eigenvalue weighted by atomic mass is 9.77. The van der Waals surface area contributed by atoms with Gasteiger partial charge >= 0.3 is 12.4 Å². The van der Waals surface area contributed by atoms with Gasteiger partial charge in [-0.3, -0.25) is 0 Å². The molecule has 0 bridgehead atoms. The second-order valence-corrected chi connectivity index (χ2v) is 18.5. The Labute approximate surface area is 380 Å². The molecule has 6 rings (SSSR count). The first-order chi connectivity index (χ1) is 31.2. The van der Waals surface area contributed by atoms with E-state index in [1.807, 2.05) is 12.1 Å². The Balaban J connectivity index is 1.22. The fourth-order valence-corrected chi connectivity index (χ4v) is 9.73. The maximum atomic E-state index is 13.6. The number of benzene rings is 4. The second-order valence-electron chi connectivity index (χ2n) is 18.5. The number of hydrogen-bond acceptors (Lipinski definition) is 3. The van der Waals surface area contributed by atoms with Gasteiger partial charge in [-0.25, -0.2) is 8.78 Å². The van der Waals surface area contributed by atoms with Gasteiger partial charge in [0.05, 0.1) is 13.2 Å². The zero-order valence-electron chi connectivity index (χ0n) is 37.9. The van der Waals surface area contributed by atoms with Gasteiger partial charge in [0, 0.05) is 12.8 Å². The van der Waals surface area contributed by atoms with E-state index in [-0.39, 0.29) is 12.8 Å². The highest BCUT2D eigenvalue weighted by Gasteiger charge is 2.42. The van der Waals surface area contributed by atoms with Crippen molar-refractivity contribution in [2.45, 2.75) is 166 Å². The molecule has 0 aliphatic heterocycles. The van der Waals surface area contributed by atoms with E-state index in [2.05, 4.69) is 71.9 Å². The van der Waals surface area contributed by atoms with Crippen molar-refractivity contribution >= 4 is 0 Å². The van der Waals surface area contributed by atoms with Crippen LogP contribution in [0.2, 0.25) is 0 Å². The number of alkyl halides is 8. The monoisotopic (exact) mass is 914 g/mol. The summed E-state index contributed by atoms with van der Waals surface area (Å²) in [4.78, 5) is 0. The largest absolute Gasteiger partial charge is 0.457 e. The molecule has 2 aliphatic rings. The average Bonchev–Trinajstić information content (AvgIpc) is 3.29. The fraction of sp³-hybridized carbons (Fsp3) is 0.556. The van der Waals surface area contributed by atoms with Gasteiger partial charge in [-0.1, -0.05) is 125 Å². The third-order valence-corrected chi connectivity index (χ3v) is 13.6. The first kappa shape index (κ1) is 50.5. The summed E-state index contributed by atoms with van der Waals surface area (Å²) in [5.41, 5.74) is 7.47. The molecule has 3 nitrogen and oxygen atoms in total. The minimum atomic E-state index is -5.11. The zero-order chi connectivity index (χ0) is 46.4. The van der Waals surface area contributed by atoms with Crippen LogP contribution in [0.3, 0.4) is 0 Å². The van der Waals surface area contributed by atoms with Crippen LogP contribution < -0.4 is 4.74 Å². The molecule has 0 saturated heterocycles. The molecule has 0 heterocycles. The molecule has 0 amide bonds. The molecule has 11 heteroatoms. The highest BCUT2D eigenvalue weighted by atomic mass is 19.4. The molecule has 0 radical (unpaired) electrons. The summed E-state index contributed by atoms with van der Waals surface area (Å²) in [5, 5.41) is 0. The van der Waals surface area contributed by atoms with Gasteiger partial charge in [0.25, 0.3) is 12.7 Å². The van der Waals surface area contributed by atoms with E-state index in [1.54, 1.807) is 24.3 Å². The summed E-state index contributed by atoms with van der Waals surface area (Å²) in [7, 11) is 0. The van der Waals surface area contributed by atoms with E-state index < -0.39 is 38.3 Å². The minimum absolute atomic E-state index is 0.0377. The normalized spacial score (nSPS) is 20.4. The molecule has 65 heavy (non-hydrogen) atoms. The van der Waals surface area contributed by atoms with Crippen LogP contribution in [0.15, 0.2) is 84.9 Å². The summed E-state index contributed by atoms with van der Waals surface area (Å²) >= 11 is 0. The Hall–Kier alpha value is -3.96.